The number of hydrogen-bond donors (Lipinski definition) is 2. The van der Waals surface area contributed by atoms with Crippen molar-refractivity contribution in [2.75, 3.05) is 23.7 Å². The van der Waals surface area contributed by atoms with Gasteiger partial charge in [0.05, 0.1) is 23.8 Å². The van der Waals surface area contributed by atoms with Crippen molar-refractivity contribution in [3.63, 3.8) is 0 Å². The smallest absolute Gasteiger partial charge is 0.308 e. The third-order valence-corrected chi connectivity index (χ3v) is 3.95. The summed E-state index contributed by atoms with van der Waals surface area (Å²) in [6.07, 6.45) is 0. The van der Waals surface area contributed by atoms with E-state index >= 15 is 0 Å². The Morgan fingerprint density at radius 3 is 2.70 bits per heavy atom. The van der Waals surface area contributed by atoms with E-state index in [0.29, 0.717) is 35.3 Å². The zero-order valence-electron chi connectivity index (χ0n) is 12.1. The molecule has 1 aliphatic rings. The molecule has 2 aromatic rings. The van der Waals surface area contributed by atoms with Crippen LogP contribution < -0.4 is 10.6 Å². The van der Waals surface area contributed by atoms with Crippen molar-refractivity contribution in [2.45, 2.75) is 0 Å². The van der Waals surface area contributed by atoms with Gasteiger partial charge < -0.3 is 10.6 Å². The van der Waals surface area contributed by atoms with Gasteiger partial charge in [-0.25, -0.2) is 4.79 Å². The molecule has 118 valence electrons. The van der Waals surface area contributed by atoms with Crippen molar-refractivity contribution in [2.24, 2.45) is 4.99 Å². The van der Waals surface area contributed by atoms with Gasteiger partial charge in [0, 0.05) is 23.0 Å². The van der Waals surface area contributed by atoms with E-state index in [1.165, 1.54) is 0 Å². The van der Waals surface area contributed by atoms with E-state index < -0.39 is 0 Å². The third-order valence-electron chi connectivity index (χ3n) is 3.29. The van der Waals surface area contributed by atoms with Crippen molar-refractivity contribution < 1.29 is 4.79 Å². The summed E-state index contributed by atoms with van der Waals surface area (Å²) >= 11 is 12.1. The number of rotatable bonds is 3. The molecule has 2 aromatic carbocycles. The Balaban J connectivity index is 1.71. The Kier molecular flexibility index (Phi) is 4.69. The monoisotopic (exact) mass is 348 g/mol. The lowest BCUT2D eigenvalue weighted by atomic mass is 10.2. The normalized spacial score (nSPS) is 13.7. The Bertz CT molecular complexity index is 763. The number of amides is 2. The maximum atomic E-state index is 12.1. The van der Waals surface area contributed by atoms with Gasteiger partial charge in [-0.05, 0) is 24.3 Å². The number of para-hydroxylation sites is 1. The first-order chi connectivity index (χ1) is 11.1. The molecular weight excluding hydrogens is 335 g/mol. The SMILES string of the molecule is O=C(Nc1cccc(C2=NCCN2Cl)c1)Nc1ccccc1Cl. The van der Waals surface area contributed by atoms with E-state index in [0.717, 1.165) is 5.56 Å². The summed E-state index contributed by atoms with van der Waals surface area (Å²) in [6, 6.07) is 14.0. The number of nitrogens with zero attached hydrogens (tertiary/aromatic N) is 2. The van der Waals surface area contributed by atoms with Gasteiger partial charge in [0.2, 0.25) is 0 Å². The van der Waals surface area contributed by atoms with Gasteiger partial charge in [-0.1, -0.05) is 35.9 Å². The van der Waals surface area contributed by atoms with Gasteiger partial charge in [0.15, 0.2) is 0 Å². The summed E-state index contributed by atoms with van der Waals surface area (Å²) in [4.78, 5) is 16.4. The highest BCUT2D eigenvalue weighted by Gasteiger charge is 2.17. The number of halogens is 2. The third kappa shape index (κ3) is 3.75. The minimum absolute atomic E-state index is 0.369. The number of anilines is 2. The fourth-order valence-electron chi connectivity index (χ4n) is 2.24. The van der Waals surface area contributed by atoms with Crippen LogP contribution >= 0.6 is 23.4 Å². The first-order valence-corrected chi connectivity index (χ1v) is 7.76. The Morgan fingerprint density at radius 2 is 1.96 bits per heavy atom. The van der Waals surface area contributed by atoms with Crippen LogP contribution in [-0.4, -0.2) is 29.4 Å². The van der Waals surface area contributed by atoms with Crippen LogP contribution in [0.25, 0.3) is 0 Å². The van der Waals surface area contributed by atoms with Crippen LogP contribution in [0.2, 0.25) is 5.02 Å². The van der Waals surface area contributed by atoms with Crippen molar-refractivity contribution in [1.29, 1.82) is 0 Å². The molecule has 2 amide bonds. The maximum Gasteiger partial charge on any atom is 0.323 e. The van der Waals surface area contributed by atoms with E-state index in [4.69, 9.17) is 23.4 Å². The first-order valence-electron chi connectivity index (χ1n) is 7.04. The van der Waals surface area contributed by atoms with Gasteiger partial charge in [-0.3, -0.25) is 9.41 Å². The minimum atomic E-state index is -0.369. The second-order valence-electron chi connectivity index (χ2n) is 4.93. The molecule has 0 radical (unpaired) electrons. The minimum Gasteiger partial charge on any atom is -0.308 e. The summed E-state index contributed by atoms with van der Waals surface area (Å²) < 4.78 is 1.57. The highest BCUT2D eigenvalue weighted by atomic mass is 35.5. The van der Waals surface area contributed by atoms with Gasteiger partial charge in [0.1, 0.15) is 5.84 Å². The average Bonchev–Trinajstić information content (AvgIpc) is 2.96. The standard InChI is InChI=1S/C16H14Cl2N4O/c17-13-6-1-2-7-14(13)21-16(23)20-12-5-3-4-11(10-12)15-19-8-9-22(15)18/h1-7,10H,8-9H2,(H2,20,21,23). The molecule has 3 rings (SSSR count). The molecular formula is C16H14Cl2N4O. The summed E-state index contributed by atoms with van der Waals surface area (Å²) in [7, 11) is 0. The summed E-state index contributed by atoms with van der Waals surface area (Å²) in [5.74, 6) is 0.710. The molecule has 0 aliphatic carbocycles. The van der Waals surface area contributed by atoms with Crippen LogP contribution in [0.4, 0.5) is 16.2 Å². The van der Waals surface area contributed by atoms with Crippen LogP contribution in [0.5, 0.6) is 0 Å². The molecule has 1 aliphatic heterocycles. The van der Waals surface area contributed by atoms with Crippen LogP contribution in [-0.2, 0) is 0 Å². The Hall–Kier alpha value is -2.24. The largest absolute Gasteiger partial charge is 0.323 e. The molecule has 23 heavy (non-hydrogen) atoms. The molecule has 2 N–H and O–H groups in total. The molecule has 0 aromatic heterocycles. The van der Waals surface area contributed by atoms with E-state index in [1.807, 2.05) is 18.2 Å². The van der Waals surface area contributed by atoms with E-state index in [2.05, 4.69) is 15.6 Å². The van der Waals surface area contributed by atoms with E-state index in [-0.39, 0.29) is 6.03 Å². The molecule has 5 nitrogen and oxygen atoms in total. The number of carbonyl (C=O) groups excluding carboxylic acids is 1. The van der Waals surface area contributed by atoms with Crippen LogP contribution in [0.1, 0.15) is 5.56 Å². The Morgan fingerprint density at radius 1 is 1.13 bits per heavy atom. The van der Waals surface area contributed by atoms with E-state index in [9.17, 15) is 4.79 Å². The number of hydrogen-bond acceptors (Lipinski definition) is 3. The highest BCUT2D eigenvalue weighted by Crippen LogP contribution is 2.21. The van der Waals surface area contributed by atoms with Crippen molar-refractivity contribution in [1.82, 2.24) is 4.42 Å². The second-order valence-corrected chi connectivity index (χ2v) is 5.75. The molecule has 1 heterocycles. The van der Waals surface area contributed by atoms with Crippen molar-refractivity contribution in [3.05, 3.63) is 59.1 Å². The lowest BCUT2D eigenvalue weighted by Gasteiger charge is -2.12. The molecule has 0 saturated heterocycles. The molecule has 0 bridgehead atoms. The predicted octanol–water partition coefficient (Wildman–Crippen LogP) is 4.20. The zero-order chi connectivity index (χ0) is 16.2. The fourth-order valence-corrected chi connectivity index (χ4v) is 2.65. The number of aliphatic imine (C=N–C) groups is 1. The number of nitrogens with one attached hydrogen (secondary N) is 2. The lowest BCUT2D eigenvalue weighted by molar-refractivity contribution is 0.262. The molecule has 0 unspecified atom stereocenters. The number of amidine groups is 1. The van der Waals surface area contributed by atoms with Crippen LogP contribution in [0.15, 0.2) is 53.5 Å². The highest BCUT2D eigenvalue weighted by molar-refractivity contribution is 6.33. The molecule has 7 heteroatoms. The second kappa shape index (κ2) is 6.89. The Labute approximate surface area is 144 Å². The fraction of sp³-hybridized carbons (Fsp3) is 0.125. The van der Waals surface area contributed by atoms with Crippen LogP contribution in [0.3, 0.4) is 0 Å². The van der Waals surface area contributed by atoms with Crippen molar-refractivity contribution in [3.8, 4) is 0 Å². The lowest BCUT2D eigenvalue weighted by Crippen LogP contribution is -2.21. The summed E-state index contributed by atoms with van der Waals surface area (Å²) in [6.45, 7) is 1.35. The molecule has 0 spiro atoms. The molecule has 0 fully saturated rings. The average molecular weight is 349 g/mol. The topological polar surface area (TPSA) is 56.7 Å². The number of carbonyl (C=O) groups is 1. The summed E-state index contributed by atoms with van der Waals surface area (Å²) in [5, 5.41) is 5.96. The van der Waals surface area contributed by atoms with E-state index in [1.54, 1.807) is 34.8 Å². The van der Waals surface area contributed by atoms with Crippen LogP contribution in [0, 0.1) is 0 Å². The van der Waals surface area contributed by atoms with Crippen molar-refractivity contribution >= 4 is 46.6 Å². The maximum absolute atomic E-state index is 12.1. The van der Waals surface area contributed by atoms with Gasteiger partial charge in [-0.2, -0.15) is 0 Å². The zero-order valence-corrected chi connectivity index (χ0v) is 13.6. The van der Waals surface area contributed by atoms with Gasteiger partial charge in [0.25, 0.3) is 0 Å². The first kappa shape index (κ1) is 15.6. The molecule has 0 atom stereocenters. The predicted molar refractivity (Wildman–Crippen MR) is 94.5 cm³/mol. The summed E-state index contributed by atoms with van der Waals surface area (Å²) in [5.41, 5.74) is 2.05. The number of urea groups is 1. The molecule has 0 saturated carbocycles. The number of benzene rings is 2. The quantitative estimate of drug-likeness (QED) is 0.816. The van der Waals surface area contributed by atoms with Gasteiger partial charge >= 0.3 is 6.03 Å². The van der Waals surface area contributed by atoms with Gasteiger partial charge in [-0.15, -0.1) is 0 Å².